The lowest BCUT2D eigenvalue weighted by molar-refractivity contribution is 0.0891. The number of ketones is 1. The number of methoxy groups -OCH3 is 1. The summed E-state index contributed by atoms with van der Waals surface area (Å²) in [6.07, 6.45) is 4.48. The van der Waals surface area contributed by atoms with E-state index in [4.69, 9.17) is 9.84 Å². The van der Waals surface area contributed by atoms with Gasteiger partial charge in [-0.25, -0.2) is 0 Å². The molecule has 1 aliphatic carbocycles. The summed E-state index contributed by atoms with van der Waals surface area (Å²) in [5, 5.41) is 8.78. The number of carbonyl (C=O) groups excluding carboxylic acids is 1. The number of fused-ring (bicyclic) bond motifs is 1. The topological polar surface area (TPSA) is 46.5 Å². The van der Waals surface area contributed by atoms with Crippen molar-refractivity contribution < 1.29 is 14.6 Å². The molecule has 0 amide bonds. The lowest BCUT2D eigenvalue weighted by Gasteiger charge is -2.23. The third-order valence-corrected chi connectivity index (χ3v) is 3.67. The third kappa shape index (κ3) is 2.72. The van der Waals surface area contributed by atoms with Crippen LogP contribution in [0.1, 0.15) is 41.6 Å². The monoisotopic (exact) mass is 248 g/mol. The fourth-order valence-corrected chi connectivity index (χ4v) is 2.60. The van der Waals surface area contributed by atoms with Crippen molar-refractivity contribution in [2.45, 2.75) is 32.1 Å². The molecule has 1 aromatic rings. The van der Waals surface area contributed by atoms with E-state index in [0.29, 0.717) is 0 Å². The zero-order chi connectivity index (χ0) is 13.0. The number of aryl methyl sites for hydroxylation is 1. The molecule has 3 nitrogen and oxygen atoms in total. The number of aliphatic hydroxyl groups excluding tert-OH is 1. The van der Waals surface area contributed by atoms with Crippen molar-refractivity contribution in [2.75, 3.05) is 13.7 Å². The Morgan fingerprint density at radius 1 is 1.39 bits per heavy atom. The van der Waals surface area contributed by atoms with Crippen LogP contribution in [0.4, 0.5) is 0 Å². The van der Waals surface area contributed by atoms with E-state index in [1.54, 1.807) is 7.11 Å². The highest BCUT2D eigenvalue weighted by Crippen LogP contribution is 2.30. The summed E-state index contributed by atoms with van der Waals surface area (Å²) in [7, 11) is 1.64. The van der Waals surface area contributed by atoms with Gasteiger partial charge in [0.15, 0.2) is 5.78 Å². The lowest BCUT2D eigenvalue weighted by Crippen LogP contribution is -2.22. The number of ether oxygens (including phenoxy) is 1. The van der Waals surface area contributed by atoms with E-state index >= 15 is 0 Å². The van der Waals surface area contributed by atoms with Gasteiger partial charge in [-0.1, -0.05) is 6.42 Å². The van der Waals surface area contributed by atoms with Crippen molar-refractivity contribution in [1.82, 2.24) is 0 Å². The van der Waals surface area contributed by atoms with Crippen molar-refractivity contribution in [3.05, 3.63) is 29.3 Å². The van der Waals surface area contributed by atoms with Gasteiger partial charge >= 0.3 is 0 Å². The second-order valence-corrected chi connectivity index (χ2v) is 4.84. The number of unbranched alkanes of at least 4 members (excludes halogenated alkanes) is 1. The van der Waals surface area contributed by atoms with Gasteiger partial charge in [0.2, 0.25) is 0 Å². The van der Waals surface area contributed by atoms with Crippen molar-refractivity contribution in [3.8, 4) is 5.75 Å². The van der Waals surface area contributed by atoms with Crippen LogP contribution in [0.2, 0.25) is 0 Å². The lowest BCUT2D eigenvalue weighted by atomic mass is 9.80. The van der Waals surface area contributed by atoms with Crippen LogP contribution in [0.5, 0.6) is 5.75 Å². The van der Waals surface area contributed by atoms with Gasteiger partial charge in [0.25, 0.3) is 0 Å². The molecule has 0 bridgehead atoms. The van der Waals surface area contributed by atoms with E-state index in [0.717, 1.165) is 49.0 Å². The summed E-state index contributed by atoms with van der Waals surface area (Å²) < 4.78 is 5.18. The molecule has 0 aliphatic heterocycles. The Morgan fingerprint density at radius 2 is 2.22 bits per heavy atom. The summed E-state index contributed by atoms with van der Waals surface area (Å²) in [4.78, 5) is 12.3. The van der Waals surface area contributed by atoms with Crippen LogP contribution in [-0.2, 0) is 6.42 Å². The summed E-state index contributed by atoms with van der Waals surface area (Å²) in [5.74, 6) is 1.22. The fraction of sp³-hybridized carbons (Fsp3) is 0.533. The minimum Gasteiger partial charge on any atom is -0.497 e. The number of hydrogen-bond acceptors (Lipinski definition) is 3. The molecule has 1 atom stereocenters. The Hall–Kier alpha value is -1.35. The first-order chi connectivity index (χ1) is 8.76. The predicted molar refractivity (Wildman–Crippen MR) is 70.1 cm³/mol. The minimum absolute atomic E-state index is 0.137. The zero-order valence-electron chi connectivity index (χ0n) is 10.8. The molecule has 1 N–H and O–H groups in total. The van der Waals surface area contributed by atoms with Crippen molar-refractivity contribution >= 4 is 5.78 Å². The highest BCUT2D eigenvalue weighted by atomic mass is 16.5. The van der Waals surface area contributed by atoms with Crippen LogP contribution in [-0.4, -0.2) is 24.6 Å². The fourth-order valence-electron chi connectivity index (χ4n) is 2.60. The van der Waals surface area contributed by atoms with Gasteiger partial charge in [-0.15, -0.1) is 0 Å². The van der Waals surface area contributed by atoms with Gasteiger partial charge in [-0.05, 0) is 49.4 Å². The SMILES string of the molecule is COc1ccc2c(c1)CCC(CCCCO)C2=O. The highest BCUT2D eigenvalue weighted by molar-refractivity contribution is 6.00. The number of aliphatic hydroxyl groups is 1. The molecule has 0 saturated heterocycles. The number of benzene rings is 1. The Kier molecular flexibility index (Phi) is 4.37. The first-order valence-electron chi connectivity index (χ1n) is 6.58. The van der Waals surface area contributed by atoms with Crippen LogP contribution in [0.25, 0.3) is 0 Å². The zero-order valence-corrected chi connectivity index (χ0v) is 10.8. The Bertz CT molecular complexity index is 426. The standard InChI is InChI=1S/C15H20O3/c1-18-13-7-8-14-12(10-13)6-5-11(15(14)17)4-2-3-9-16/h7-8,10-11,16H,2-6,9H2,1H3. The van der Waals surface area contributed by atoms with Crippen LogP contribution in [0.15, 0.2) is 18.2 Å². The van der Waals surface area contributed by atoms with E-state index in [-0.39, 0.29) is 18.3 Å². The average Bonchev–Trinajstić information content (AvgIpc) is 2.41. The molecule has 98 valence electrons. The van der Waals surface area contributed by atoms with Crippen molar-refractivity contribution in [3.63, 3.8) is 0 Å². The summed E-state index contributed by atoms with van der Waals surface area (Å²) in [5.41, 5.74) is 1.97. The summed E-state index contributed by atoms with van der Waals surface area (Å²) in [6.45, 7) is 0.217. The summed E-state index contributed by atoms with van der Waals surface area (Å²) in [6, 6.07) is 5.71. The minimum atomic E-state index is 0.137. The number of carbonyl (C=O) groups is 1. The maximum absolute atomic E-state index is 12.3. The quantitative estimate of drug-likeness (QED) is 0.815. The van der Waals surface area contributed by atoms with Gasteiger partial charge in [-0.2, -0.15) is 0 Å². The Morgan fingerprint density at radius 3 is 2.94 bits per heavy atom. The van der Waals surface area contributed by atoms with E-state index in [2.05, 4.69) is 0 Å². The van der Waals surface area contributed by atoms with Gasteiger partial charge in [0, 0.05) is 18.1 Å². The molecular weight excluding hydrogens is 228 g/mol. The molecule has 0 saturated carbocycles. The van der Waals surface area contributed by atoms with Gasteiger partial charge in [0.1, 0.15) is 5.75 Å². The average molecular weight is 248 g/mol. The molecule has 3 heteroatoms. The molecule has 0 radical (unpaired) electrons. The normalized spacial score (nSPS) is 18.6. The largest absolute Gasteiger partial charge is 0.497 e. The van der Waals surface area contributed by atoms with Gasteiger partial charge in [0.05, 0.1) is 7.11 Å². The smallest absolute Gasteiger partial charge is 0.166 e. The van der Waals surface area contributed by atoms with Crippen LogP contribution in [0.3, 0.4) is 0 Å². The maximum atomic E-state index is 12.3. The van der Waals surface area contributed by atoms with Crippen LogP contribution < -0.4 is 4.74 Å². The number of hydrogen-bond donors (Lipinski definition) is 1. The van der Waals surface area contributed by atoms with Gasteiger partial charge in [-0.3, -0.25) is 4.79 Å². The first kappa shape index (κ1) is 13.1. The van der Waals surface area contributed by atoms with Gasteiger partial charge < -0.3 is 9.84 Å². The number of Topliss-reactive ketones (excluding diaryl/α,β-unsaturated/α-hetero) is 1. The van der Waals surface area contributed by atoms with E-state index < -0.39 is 0 Å². The molecule has 18 heavy (non-hydrogen) atoms. The van der Waals surface area contributed by atoms with E-state index in [1.165, 1.54) is 0 Å². The second-order valence-electron chi connectivity index (χ2n) is 4.84. The molecule has 0 spiro atoms. The molecule has 0 aromatic heterocycles. The van der Waals surface area contributed by atoms with Crippen LogP contribution in [0, 0.1) is 5.92 Å². The number of rotatable bonds is 5. The molecular formula is C15H20O3. The van der Waals surface area contributed by atoms with Crippen molar-refractivity contribution in [2.24, 2.45) is 5.92 Å². The maximum Gasteiger partial charge on any atom is 0.166 e. The van der Waals surface area contributed by atoms with E-state index in [1.807, 2.05) is 18.2 Å². The predicted octanol–water partition coefficient (Wildman–Crippen LogP) is 2.60. The van der Waals surface area contributed by atoms with Crippen molar-refractivity contribution in [1.29, 1.82) is 0 Å². The molecule has 2 rings (SSSR count). The molecule has 0 fully saturated rings. The molecule has 1 aromatic carbocycles. The molecule has 0 heterocycles. The Balaban J connectivity index is 2.08. The highest BCUT2D eigenvalue weighted by Gasteiger charge is 2.26. The van der Waals surface area contributed by atoms with E-state index in [9.17, 15) is 4.79 Å². The summed E-state index contributed by atoms with van der Waals surface area (Å²) >= 11 is 0. The first-order valence-corrected chi connectivity index (χ1v) is 6.58. The van der Waals surface area contributed by atoms with Crippen LogP contribution >= 0.6 is 0 Å². The third-order valence-electron chi connectivity index (χ3n) is 3.67. The Labute approximate surface area is 108 Å². The molecule has 1 aliphatic rings. The second kappa shape index (κ2) is 6.01. The molecule has 1 unspecified atom stereocenters.